The number of aryl methyl sites for hydroxylation is 1. The van der Waals surface area contributed by atoms with Crippen molar-refractivity contribution in [1.29, 1.82) is 0 Å². The summed E-state index contributed by atoms with van der Waals surface area (Å²) in [4.78, 5) is 28.8. The highest BCUT2D eigenvalue weighted by Crippen LogP contribution is 2.36. The van der Waals surface area contributed by atoms with E-state index in [1.54, 1.807) is 0 Å². The highest BCUT2D eigenvalue weighted by atomic mass is 32.2. The fourth-order valence-corrected chi connectivity index (χ4v) is 4.47. The number of methoxy groups -OCH3 is 2. The number of H-pyrrole nitrogens is 1. The molecule has 0 aliphatic carbocycles. The summed E-state index contributed by atoms with van der Waals surface area (Å²) in [5.41, 5.74) is 7.68. The standard InChI is InChI=1S/C19H20N4O5S2/c1-10-4-6-11(7-5-10)28-8-13-21-19(23-22-13)29-9-12-14(17(24)26-2)16(20)30-15(12)18(25)27-3/h4-7H,8-9,20H2,1-3H3,(H,21,22,23). The number of thiophene rings is 1. The first-order chi connectivity index (χ1) is 14.4. The number of benzene rings is 1. The molecular formula is C19H20N4O5S2. The van der Waals surface area contributed by atoms with Crippen molar-refractivity contribution in [1.82, 2.24) is 15.2 Å². The molecule has 0 aliphatic rings. The first kappa shape index (κ1) is 21.7. The molecule has 3 rings (SSSR count). The fourth-order valence-electron chi connectivity index (χ4n) is 2.54. The molecule has 0 saturated heterocycles. The third-order valence-electron chi connectivity index (χ3n) is 4.05. The second-order valence-electron chi connectivity index (χ2n) is 6.09. The van der Waals surface area contributed by atoms with Gasteiger partial charge in [0.1, 0.15) is 22.2 Å². The zero-order valence-electron chi connectivity index (χ0n) is 16.6. The van der Waals surface area contributed by atoms with Crippen LogP contribution in [0.15, 0.2) is 29.4 Å². The van der Waals surface area contributed by atoms with Crippen molar-refractivity contribution in [2.45, 2.75) is 24.4 Å². The van der Waals surface area contributed by atoms with Crippen molar-refractivity contribution in [3.8, 4) is 5.75 Å². The molecule has 0 spiro atoms. The lowest BCUT2D eigenvalue weighted by molar-refractivity contribution is 0.0601. The number of carbonyl (C=O) groups is 2. The molecule has 0 radical (unpaired) electrons. The van der Waals surface area contributed by atoms with Crippen molar-refractivity contribution in [3.63, 3.8) is 0 Å². The van der Waals surface area contributed by atoms with Crippen LogP contribution in [-0.4, -0.2) is 41.3 Å². The molecule has 3 aromatic rings. The van der Waals surface area contributed by atoms with E-state index in [1.807, 2.05) is 31.2 Å². The molecule has 0 saturated carbocycles. The van der Waals surface area contributed by atoms with Gasteiger partial charge >= 0.3 is 11.9 Å². The number of hydrogen-bond donors (Lipinski definition) is 2. The normalized spacial score (nSPS) is 10.6. The van der Waals surface area contributed by atoms with Crippen LogP contribution in [0.5, 0.6) is 5.75 Å². The van der Waals surface area contributed by atoms with Crippen LogP contribution in [0.25, 0.3) is 0 Å². The number of aromatic amines is 1. The van der Waals surface area contributed by atoms with Crippen molar-refractivity contribution in [3.05, 3.63) is 51.7 Å². The molecule has 158 valence electrons. The molecule has 0 bridgehead atoms. The largest absolute Gasteiger partial charge is 0.486 e. The van der Waals surface area contributed by atoms with Gasteiger partial charge in [-0.3, -0.25) is 5.10 Å². The summed E-state index contributed by atoms with van der Waals surface area (Å²) >= 11 is 2.23. The van der Waals surface area contributed by atoms with Crippen molar-refractivity contribution in [2.75, 3.05) is 20.0 Å². The Labute approximate surface area is 180 Å². The van der Waals surface area contributed by atoms with E-state index in [4.69, 9.17) is 19.9 Å². The minimum Gasteiger partial charge on any atom is -0.486 e. The molecule has 1 aromatic carbocycles. The third kappa shape index (κ3) is 4.92. The average Bonchev–Trinajstić information content (AvgIpc) is 3.34. The summed E-state index contributed by atoms with van der Waals surface area (Å²) < 4.78 is 15.3. The van der Waals surface area contributed by atoms with Gasteiger partial charge in [0, 0.05) is 11.3 Å². The first-order valence-corrected chi connectivity index (χ1v) is 10.5. The number of nitrogens with zero attached hydrogens (tertiary/aromatic N) is 2. The number of anilines is 1. The molecule has 0 atom stereocenters. The lowest BCUT2D eigenvalue weighted by Gasteiger charge is -2.05. The smallest absolute Gasteiger partial charge is 0.348 e. The Morgan fingerprint density at radius 2 is 1.87 bits per heavy atom. The van der Waals surface area contributed by atoms with Gasteiger partial charge in [0.15, 0.2) is 5.82 Å². The van der Waals surface area contributed by atoms with Crippen molar-refractivity contribution >= 4 is 40.0 Å². The van der Waals surface area contributed by atoms with Gasteiger partial charge in [-0.05, 0) is 19.1 Å². The molecule has 0 aliphatic heterocycles. The summed E-state index contributed by atoms with van der Waals surface area (Å²) in [5, 5.41) is 7.59. The summed E-state index contributed by atoms with van der Waals surface area (Å²) in [6, 6.07) is 7.68. The highest BCUT2D eigenvalue weighted by Gasteiger charge is 2.27. The van der Waals surface area contributed by atoms with Gasteiger partial charge in [-0.25, -0.2) is 14.6 Å². The Kier molecular flexibility index (Phi) is 6.95. The number of hydrogen-bond acceptors (Lipinski definition) is 10. The summed E-state index contributed by atoms with van der Waals surface area (Å²) in [7, 11) is 2.52. The minimum absolute atomic E-state index is 0.161. The Hall–Kier alpha value is -3.05. The van der Waals surface area contributed by atoms with Crippen LogP contribution in [0.2, 0.25) is 0 Å². The van der Waals surface area contributed by atoms with Gasteiger partial charge in [0.25, 0.3) is 0 Å². The molecule has 30 heavy (non-hydrogen) atoms. The number of nitrogens with two attached hydrogens (primary N) is 1. The Morgan fingerprint density at radius 1 is 1.17 bits per heavy atom. The summed E-state index contributed by atoms with van der Waals surface area (Å²) in [6.07, 6.45) is 0. The maximum Gasteiger partial charge on any atom is 0.348 e. The Balaban J connectivity index is 1.70. The average molecular weight is 449 g/mol. The predicted octanol–water partition coefficient (Wildman–Crippen LogP) is 3.20. The second kappa shape index (κ2) is 9.63. The van der Waals surface area contributed by atoms with Gasteiger partial charge in [-0.2, -0.15) is 0 Å². The SMILES string of the molecule is COC(=O)c1sc(N)c(C(=O)OC)c1CSc1n[nH]c(COc2ccc(C)cc2)n1. The first-order valence-electron chi connectivity index (χ1n) is 8.74. The fraction of sp³-hybridized carbons (Fsp3) is 0.263. The lowest BCUT2D eigenvalue weighted by atomic mass is 10.1. The van der Waals surface area contributed by atoms with Crippen LogP contribution in [0, 0.1) is 6.92 Å². The third-order valence-corrected chi connectivity index (χ3v) is 5.96. The van der Waals surface area contributed by atoms with Gasteiger partial charge < -0.3 is 19.9 Å². The Morgan fingerprint density at radius 3 is 2.53 bits per heavy atom. The highest BCUT2D eigenvalue weighted by molar-refractivity contribution is 7.98. The molecule has 0 fully saturated rings. The minimum atomic E-state index is -0.614. The Bertz CT molecular complexity index is 1050. The van der Waals surface area contributed by atoms with E-state index in [1.165, 1.54) is 26.0 Å². The lowest BCUT2D eigenvalue weighted by Crippen LogP contribution is -2.08. The van der Waals surface area contributed by atoms with E-state index in [0.29, 0.717) is 16.5 Å². The second-order valence-corrected chi connectivity index (χ2v) is 8.08. The van der Waals surface area contributed by atoms with E-state index >= 15 is 0 Å². The van der Waals surface area contributed by atoms with Crippen LogP contribution in [0.1, 0.15) is 37.0 Å². The number of aromatic nitrogens is 3. The topological polar surface area (TPSA) is 129 Å². The number of carbonyl (C=O) groups excluding carboxylic acids is 2. The number of nitrogens with one attached hydrogen (secondary N) is 1. The molecule has 2 heterocycles. The van der Waals surface area contributed by atoms with Crippen molar-refractivity contribution in [2.24, 2.45) is 0 Å². The summed E-state index contributed by atoms with van der Waals surface area (Å²) in [6.45, 7) is 2.23. The van der Waals surface area contributed by atoms with Gasteiger partial charge in [0.05, 0.1) is 19.8 Å². The number of rotatable bonds is 8. The molecule has 0 amide bonds. The maximum absolute atomic E-state index is 12.1. The molecule has 2 aromatic heterocycles. The van der Waals surface area contributed by atoms with Gasteiger partial charge in [-0.1, -0.05) is 29.5 Å². The van der Waals surface area contributed by atoms with Gasteiger partial charge in [0.2, 0.25) is 5.16 Å². The van der Waals surface area contributed by atoms with E-state index < -0.39 is 11.9 Å². The number of esters is 2. The molecular weight excluding hydrogens is 428 g/mol. The molecule has 11 heteroatoms. The molecule has 9 nitrogen and oxygen atoms in total. The number of ether oxygens (including phenoxy) is 3. The molecule has 3 N–H and O–H groups in total. The van der Waals surface area contributed by atoms with E-state index in [0.717, 1.165) is 22.6 Å². The zero-order valence-corrected chi connectivity index (χ0v) is 18.2. The van der Waals surface area contributed by atoms with Crippen LogP contribution >= 0.6 is 23.1 Å². The van der Waals surface area contributed by atoms with Crippen LogP contribution in [0.3, 0.4) is 0 Å². The van der Waals surface area contributed by atoms with Gasteiger partial charge in [-0.15, -0.1) is 16.4 Å². The number of thioether (sulfide) groups is 1. The van der Waals surface area contributed by atoms with Crippen LogP contribution in [0.4, 0.5) is 5.00 Å². The van der Waals surface area contributed by atoms with Crippen LogP contribution in [-0.2, 0) is 21.8 Å². The van der Waals surface area contributed by atoms with E-state index in [2.05, 4.69) is 15.2 Å². The van der Waals surface area contributed by atoms with E-state index in [9.17, 15) is 9.59 Å². The monoisotopic (exact) mass is 448 g/mol. The van der Waals surface area contributed by atoms with Crippen molar-refractivity contribution < 1.29 is 23.8 Å². The summed E-state index contributed by atoms with van der Waals surface area (Å²) in [5.74, 6) is 0.324. The maximum atomic E-state index is 12.1. The number of nitrogen functional groups attached to an aromatic ring is 1. The zero-order chi connectivity index (χ0) is 21.7. The van der Waals surface area contributed by atoms with E-state index in [-0.39, 0.29) is 27.8 Å². The molecule has 0 unspecified atom stereocenters. The quantitative estimate of drug-likeness (QED) is 0.394. The van der Waals surface area contributed by atoms with Crippen LogP contribution < -0.4 is 10.5 Å². The predicted molar refractivity (Wildman–Crippen MR) is 113 cm³/mol.